The summed E-state index contributed by atoms with van der Waals surface area (Å²) in [5.41, 5.74) is 5.52. The van der Waals surface area contributed by atoms with Crippen molar-refractivity contribution in [3.63, 3.8) is 0 Å². The summed E-state index contributed by atoms with van der Waals surface area (Å²) < 4.78 is 19.0. The lowest BCUT2D eigenvalue weighted by atomic mass is 10.4. The van der Waals surface area contributed by atoms with Gasteiger partial charge >= 0.3 is 0 Å². The number of hydrogen-bond acceptors (Lipinski definition) is 4. The van der Waals surface area contributed by atoms with Crippen molar-refractivity contribution in [2.45, 2.75) is 6.92 Å². The number of nitrogen functional groups attached to an aromatic ring is 1. The fourth-order valence-corrected chi connectivity index (χ4v) is 1.35. The predicted molar refractivity (Wildman–Crippen MR) is 69.5 cm³/mol. The van der Waals surface area contributed by atoms with Gasteiger partial charge in [-0.25, -0.2) is 9.37 Å². The minimum atomic E-state index is -0.542. The van der Waals surface area contributed by atoms with E-state index in [1.807, 2.05) is 0 Å². The van der Waals surface area contributed by atoms with E-state index < -0.39 is 5.83 Å². The molecule has 0 aliphatic carbocycles. The third kappa shape index (κ3) is 4.36. The standard InChI is InChI=1S/C11H11BrFN3O/c1-7(3-8(13)5-15-2)17-9-4-10(12)11(14)16-6-9/h3-6H,2H2,1H3,(H2,14,16)/b7-3+,8-5+. The molecule has 1 aromatic rings. The zero-order valence-electron chi connectivity index (χ0n) is 9.15. The molecule has 0 saturated heterocycles. The third-order valence-electron chi connectivity index (χ3n) is 1.68. The molecule has 0 aliphatic rings. The molecule has 0 radical (unpaired) electrons. The van der Waals surface area contributed by atoms with Crippen LogP contribution in [0, 0.1) is 0 Å². The number of allylic oxidation sites excluding steroid dienone is 3. The largest absolute Gasteiger partial charge is 0.460 e. The topological polar surface area (TPSA) is 60.5 Å². The van der Waals surface area contributed by atoms with Crippen LogP contribution >= 0.6 is 15.9 Å². The van der Waals surface area contributed by atoms with Crippen molar-refractivity contribution in [3.05, 3.63) is 40.6 Å². The van der Waals surface area contributed by atoms with Gasteiger partial charge in [0.2, 0.25) is 0 Å². The molecule has 1 heterocycles. The molecule has 4 nitrogen and oxygen atoms in total. The van der Waals surface area contributed by atoms with Gasteiger partial charge in [-0.2, -0.15) is 0 Å². The number of nitrogens with two attached hydrogens (primary N) is 1. The van der Waals surface area contributed by atoms with E-state index in [2.05, 4.69) is 32.6 Å². The van der Waals surface area contributed by atoms with Crippen molar-refractivity contribution in [3.8, 4) is 5.75 Å². The monoisotopic (exact) mass is 299 g/mol. The fraction of sp³-hybridized carbons (Fsp3) is 0.0909. The van der Waals surface area contributed by atoms with E-state index in [4.69, 9.17) is 10.5 Å². The van der Waals surface area contributed by atoms with Gasteiger partial charge in [0, 0.05) is 12.1 Å². The lowest BCUT2D eigenvalue weighted by molar-refractivity contribution is 0.422. The molecule has 1 rings (SSSR count). The zero-order chi connectivity index (χ0) is 12.8. The fourth-order valence-electron chi connectivity index (χ4n) is 1.02. The highest BCUT2D eigenvalue weighted by molar-refractivity contribution is 9.10. The Morgan fingerprint density at radius 2 is 2.41 bits per heavy atom. The highest BCUT2D eigenvalue weighted by atomic mass is 79.9. The second-order valence-electron chi connectivity index (χ2n) is 3.09. The average molecular weight is 300 g/mol. The summed E-state index contributed by atoms with van der Waals surface area (Å²) >= 11 is 3.22. The Bertz CT molecular complexity index is 486. The lowest BCUT2D eigenvalue weighted by Crippen LogP contribution is -1.95. The molecule has 0 spiro atoms. The molecular weight excluding hydrogens is 289 g/mol. The van der Waals surface area contributed by atoms with Gasteiger partial charge in [0.25, 0.3) is 0 Å². The Balaban J connectivity index is 2.80. The summed E-state index contributed by atoms with van der Waals surface area (Å²) in [5, 5.41) is 0. The van der Waals surface area contributed by atoms with Crippen LogP contribution in [0.5, 0.6) is 5.75 Å². The minimum absolute atomic E-state index is 0.362. The van der Waals surface area contributed by atoms with Crippen molar-refractivity contribution < 1.29 is 9.13 Å². The molecule has 0 bridgehead atoms. The summed E-state index contributed by atoms with van der Waals surface area (Å²) in [6.07, 6.45) is 3.63. The maximum atomic E-state index is 13.0. The second kappa shape index (κ2) is 6.15. The first-order chi connectivity index (χ1) is 8.02. The van der Waals surface area contributed by atoms with E-state index in [1.165, 1.54) is 12.3 Å². The maximum Gasteiger partial charge on any atom is 0.146 e. The van der Waals surface area contributed by atoms with E-state index in [9.17, 15) is 4.39 Å². The summed E-state index contributed by atoms with van der Waals surface area (Å²) in [7, 11) is 0. The summed E-state index contributed by atoms with van der Waals surface area (Å²) in [6, 6.07) is 1.65. The van der Waals surface area contributed by atoms with Crippen LogP contribution in [0.3, 0.4) is 0 Å². The molecule has 0 aromatic carbocycles. The van der Waals surface area contributed by atoms with Crippen LogP contribution in [-0.4, -0.2) is 11.7 Å². The van der Waals surface area contributed by atoms with Crippen LogP contribution in [0.4, 0.5) is 10.2 Å². The molecule has 0 unspecified atom stereocenters. The highest BCUT2D eigenvalue weighted by Crippen LogP contribution is 2.23. The Labute approximate surface area is 107 Å². The normalized spacial score (nSPS) is 12.4. The quantitative estimate of drug-likeness (QED) is 0.527. The number of anilines is 1. The summed E-state index contributed by atoms with van der Waals surface area (Å²) in [6.45, 7) is 4.76. The minimum Gasteiger partial charge on any atom is -0.460 e. The van der Waals surface area contributed by atoms with Gasteiger partial charge in [-0.15, -0.1) is 0 Å². The number of aromatic nitrogens is 1. The van der Waals surface area contributed by atoms with Crippen molar-refractivity contribution in [2.75, 3.05) is 5.73 Å². The van der Waals surface area contributed by atoms with Gasteiger partial charge < -0.3 is 10.5 Å². The van der Waals surface area contributed by atoms with E-state index in [-0.39, 0.29) is 0 Å². The van der Waals surface area contributed by atoms with Gasteiger partial charge in [-0.3, -0.25) is 4.99 Å². The number of hydrogen-bond donors (Lipinski definition) is 1. The van der Waals surface area contributed by atoms with Gasteiger partial charge in [0.05, 0.1) is 16.9 Å². The SMILES string of the molecule is C=N/C=C(F)\C=C(/C)Oc1cnc(N)c(Br)c1. The summed E-state index contributed by atoms with van der Waals surface area (Å²) in [5.74, 6) is 0.640. The molecule has 2 N–H and O–H groups in total. The Morgan fingerprint density at radius 1 is 1.71 bits per heavy atom. The molecule has 0 atom stereocenters. The van der Waals surface area contributed by atoms with Crippen LogP contribution in [0.25, 0.3) is 0 Å². The molecule has 17 heavy (non-hydrogen) atoms. The molecule has 1 aromatic heterocycles. The Morgan fingerprint density at radius 3 is 3.00 bits per heavy atom. The first kappa shape index (κ1) is 13.4. The molecule has 0 aliphatic heterocycles. The lowest BCUT2D eigenvalue weighted by Gasteiger charge is -2.06. The molecule has 0 fully saturated rings. The first-order valence-corrected chi connectivity index (χ1v) is 5.41. The number of rotatable bonds is 4. The number of ether oxygens (including phenoxy) is 1. The first-order valence-electron chi connectivity index (χ1n) is 4.61. The number of pyridine rings is 1. The number of halogens is 2. The van der Waals surface area contributed by atoms with Gasteiger partial charge in [0.15, 0.2) is 0 Å². The average Bonchev–Trinajstić information content (AvgIpc) is 2.23. The molecule has 0 amide bonds. The maximum absolute atomic E-state index is 13.0. The smallest absolute Gasteiger partial charge is 0.146 e. The van der Waals surface area contributed by atoms with Crippen LogP contribution in [0.15, 0.2) is 45.6 Å². The van der Waals surface area contributed by atoms with Crippen LogP contribution in [0.1, 0.15) is 6.92 Å². The van der Waals surface area contributed by atoms with E-state index in [0.717, 1.165) is 6.20 Å². The molecular formula is C11H11BrFN3O. The third-order valence-corrected chi connectivity index (χ3v) is 2.31. The van der Waals surface area contributed by atoms with Crippen molar-refractivity contribution >= 4 is 28.5 Å². The molecule has 6 heteroatoms. The van der Waals surface area contributed by atoms with Crippen LogP contribution in [0.2, 0.25) is 0 Å². The second-order valence-corrected chi connectivity index (χ2v) is 3.95. The van der Waals surface area contributed by atoms with Crippen molar-refractivity contribution in [1.82, 2.24) is 4.98 Å². The van der Waals surface area contributed by atoms with Gasteiger partial charge in [-0.05, 0) is 29.6 Å². The van der Waals surface area contributed by atoms with Crippen LogP contribution in [-0.2, 0) is 0 Å². The van der Waals surface area contributed by atoms with Crippen molar-refractivity contribution in [1.29, 1.82) is 0 Å². The van der Waals surface area contributed by atoms with Crippen molar-refractivity contribution in [2.24, 2.45) is 4.99 Å². The number of nitrogens with zero attached hydrogens (tertiary/aromatic N) is 2. The predicted octanol–water partition coefficient (Wildman–Crippen LogP) is 3.22. The Hall–Kier alpha value is -1.69. The van der Waals surface area contributed by atoms with E-state index in [0.29, 0.717) is 21.8 Å². The highest BCUT2D eigenvalue weighted by Gasteiger charge is 2.02. The van der Waals surface area contributed by atoms with E-state index >= 15 is 0 Å². The molecule has 0 saturated carbocycles. The molecule has 90 valence electrons. The van der Waals surface area contributed by atoms with Gasteiger partial charge in [0.1, 0.15) is 23.2 Å². The Kier molecular flexibility index (Phi) is 4.84. The number of aliphatic imine (C=N–C) groups is 1. The van der Waals surface area contributed by atoms with Crippen LogP contribution < -0.4 is 10.5 Å². The zero-order valence-corrected chi connectivity index (χ0v) is 10.7. The van der Waals surface area contributed by atoms with Gasteiger partial charge in [-0.1, -0.05) is 0 Å². The summed E-state index contributed by atoms with van der Waals surface area (Å²) in [4.78, 5) is 7.19. The van der Waals surface area contributed by atoms with E-state index in [1.54, 1.807) is 13.0 Å².